The fourth-order valence-corrected chi connectivity index (χ4v) is 5.76. The molecule has 0 atom stereocenters. The van der Waals surface area contributed by atoms with Crippen LogP contribution in [-0.4, -0.2) is 34.7 Å². The molecule has 1 aromatic heterocycles. The van der Waals surface area contributed by atoms with Crippen LogP contribution in [0, 0.1) is 0 Å². The van der Waals surface area contributed by atoms with Crippen molar-refractivity contribution in [3.05, 3.63) is 34.2 Å². The van der Waals surface area contributed by atoms with E-state index in [-0.39, 0.29) is 4.90 Å². The summed E-state index contributed by atoms with van der Waals surface area (Å²) >= 11 is 1.30. The van der Waals surface area contributed by atoms with Crippen LogP contribution in [0.25, 0.3) is 0 Å². The van der Waals surface area contributed by atoms with Crippen LogP contribution in [-0.2, 0) is 27.6 Å². The highest BCUT2D eigenvalue weighted by Crippen LogP contribution is 2.41. The molecule has 4 rings (SSSR count). The molecule has 1 N–H and O–H groups in total. The molecule has 0 unspecified atom stereocenters. The number of rotatable bonds is 4. The Morgan fingerprint density at radius 1 is 1.19 bits per heavy atom. The van der Waals surface area contributed by atoms with Crippen molar-refractivity contribution in [1.82, 2.24) is 0 Å². The number of esters is 1. The van der Waals surface area contributed by atoms with E-state index in [2.05, 4.69) is 4.72 Å². The Balaban J connectivity index is 1.70. The van der Waals surface area contributed by atoms with Crippen molar-refractivity contribution in [3.8, 4) is 11.5 Å². The smallest absolute Gasteiger partial charge is 0.341 e. The van der Waals surface area contributed by atoms with Gasteiger partial charge >= 0.3 is 5.97 Å². The summed E-state index contributed by atoms with van der Waals surface area (Å²) in [5, 5.41) is 0.302. The second-order valence-corrected chi connectivity index (χ2v) is 8.75. The molecule has 0 spiro atoms. The Bertz CT molecular complexity index is 979. The maximum Gasteiger partial charge on any atom is 0.341 e. The lowest BCUT2D eigenvalue weighted by Crippen LogP contribution is -2.18. The third kappa shape index (κ3) is 2.90. The fraction of sp³-hybridized carbons (Fsp3) is 0.353. The lowest BCUT2D eigenvalue weighted by atomic mass is 10.1. The summed E-state index contributed by atoms with van der Waals surface area (Å²) in [7, 11) is -2.59. The van der Waals surface area contributed by atoms with Crippen molar-refractivity contribution in [2.75, 3.05) is 25.0 Å². The largest absolute Gasteiger partial charge is 0.486 e. The minimum absolute atomic E-state index is 0.0473. The van der Waals surface area contributed by atoms with E-state index in [1.807, 2.05) is 0 Å². The van der Waals surface area contributed by atoms with Crippen LogP contribution in [0.3, 0.4) is 0 Å². The number of carbonyl (C=O) groups excluding carboxylic acids is 1. The molecule has 1 aliphatic carbocycles. The molecule has 0 saturated carbocycles. The zero-order valence-electron chi connectivity index (χ0n) is 14.0. The quantitative estimate of drug-likeness (QED) is 0.800. The number of benzene rings is 1. The molecule has 138 valence electrons. The van der Waals surface area contributed by atoms with Crippen molar-refractivity contribution in [3.63, 3.8) is 0 Å². The minimum Gasteiger partial charge on any atom is -0.486 e. The topological polar surface area (TPSA) is 90.9 Å². The van der Waals surface area contributed by atoms with Crippen molar-refractivity contribution < 1.29 is 27.4 Å². The number of hydrogen-bond donors (Lipinski definition) is 1. The summed E-state index contributed by atoms with van der Waals surface area (Å²) < 4.78 is 43.9. The number of hydrogen-bond acceptors (Lipinski definition) is 7. The molecule has 0 radical (unpaired) electrons. The SMILES string of the molecule is COC(=O)c1c(NS(=O)(=O)c2ccc3c(c2)OCCO3)sc2c1CCC2. The molecule has 0 amide bonds. The second-order valence-electron chi connectivity index (χ2n) is 5.96. The van der Waals surface area contributed by atoms with Crippen LogP contribution in [0.5, 0.6) is 11.5 Å². The molecule has 7 nitrogen and oxygen atoms in total. The number of sulfonamides is 1. The van der Waals surface area contributed by atoms with E-state index in [9.17, 15) is 13.2 Å². The summed E-state index contributed by atoms with van der Waals surface area (Å²) in [5.74, 6) is 0.380. The first-order valence-electron chi connectivity index (χ1n) is 8.15. The van der Waals surface area contributed by atoms with Gasteiger partial charge in [-0.1, -0.05) is 0 Å². The van der Waals surface area contributed by atoms with E-state index in [1.54, 1.807) is 6.07 Å². The maximum atomic E-state index is 12.8. The van der Waals surface area contributed by atoms with Crippen LogP contribution in [0.1, 0.15) is 27.2 Å². The van der Waals surface area contributed by atoms with Gasteiger partial charge in [-0.2, -0.15) is 0 Å². The highest BCUT2D eigenvalue weighted by atomic mass is 32.2. The van der Waals surface area contributed by atoms with Gasteiger partial charge in [-0.05, 0) is 37.0 Å². The summed E-state index contributed by atoms with van der Waals surface area (Å²) in [6, 6.07) is 4.45. The third-order valence-corrected chi connectivity index (χ3v) is 7.05. The van der Waals surface area contributed by atoms with Gasteiger partial charge < -0.3 is 14.2 Å². The summed E-state index contributed by atoms with van der Waals surface area (Å²) in [5.41, 5.74) is 1.22. The molecule has 1 aromatic carbocycles. The van der Waals surface area contributed by atoms with E-state index in [4.69, 9.17) is 14.2 Å². The number of aryl methyl sites for hydroxylation is 1. The third-order valence-electron chi connectivity index (χ3n) is 4.36. The lowest BCUT2D eigenvalue weighted by Gasteiger charge is -2.19. The summed E-state index contributed by atoms with van der Waals surface area (Å²) in [4.78, 5) is 13.3. The lowest BCUT2D eigenvalue weighted by molar-refractivity contribution is 0.0601. The first-order chi connectivity index (χ1) is 12.5. The summed E-state index contributed by atoms with van der Waals surface area (Å²) in [6.45, 7) is 0.800. The zero-order valence-corrected chi connectivity index (χ0v) is 15.7. The van der Waals surface area contributed by atoms with Gasteiger partial charge in [0, 0.05) is 10.9 Å². The number of ether oxygens (including phenoxy) is 3. The Labute approximate surface area is 154 Å². The van der Waals surface area contributed by atoms with Crippen LogP contribution in [0.4, 0.5) is 5.00 Å². The van der Waals surface area contributed by atoms with Gasteiger partial charge in [0.2, 0.25) is 0 Å². The van der Waals surface area contributed by atoms with Crippen LogP contribution in [0.15, 0.2) is 23.1 Å². The van der Waals surface area contributed by atoms with Crippen molar-refractivity contribution >= 4 is 32.3 Å². The van der Waals surface area contributed by atoms with Crippen molar-refractivity contribution in [1.29, 1.82) is 0 Å². The first kappa shape index (κ1) is 17.2. The number of carbonyl (C=O) groups is 1. The molecule has 0 saturated heterocycles. The molecule has 9 heteroatoms. The van der Waals surface area contributed by atoms with Gasteiger partial charge in [0.05, 0.1) is 17.6 Å². The monoisotopic (exact) mass is 395 g/mol. The number of anilines is 1. The fourth-order valence-electron chi connectivity index (χ4n) is 3.17. The standard InChI is InChI=1S/C17H17NO6S2/c1-22-17(19)15-11-3-2-4-14(11)25-16(15)18-26(20,21)10-5-6-12-13(9-10)24-8-7-23-12/h5-6,9,18H,2-4,7-8H2,1H3. The zero-order chi connectivity index (χ0) is 18.3. The van der Waals surface area contributed by atoms with Crippen LogP contribution >= 0.6 is 11.3 Å². The Morgan fingerprint density at radius 3 is 2.73 bits per heavy atom. The number of fused-ring (bicyclic) bond motifs is 2. The van der Waals surface area contributed by atoms with E-state index in [0.717, 1.165) is 29.7 Å². The molecular weight excluding hydrogens is 378 g/mol. The van der Waals surface area contributed by atoms with Gasteiger partial charge in [-0.15, -0.1) is 11.3 Å². The molecular formula is C17H17NO6S2. The van der Waals surface area contributed by atoms with Crippen LogP contribution < -0.4 is 14.2 Å². The molecule has 0 bridgehead atoms. The summed E-state index contributed by atoms with van der Waals surface area (Å²) in [6.07, 6.45) is 2.55. The second kappa shape index (κ2) is 6.48. The van der Waals surface area contributed by atoms with Crippen molar-refractivity contribution in [2.24, 2.45) is 0 Å². The highest BCUT2D eigenvalue weighted by molar-refractivity contribution is 7.93. The van der Waals surface area contributed by atoms with Crippen molar-refractivity contribution in [2.45, 2.75) is 24.2 Å². The maximum absolute atomic E-state index is 12.8. The van der Waals surface area contributed by atoms with E-state index < -0.39 is 16.0 Å². The number of methoxy groups -OCH3 is 1. The van der Waals surface area contributed by atoms with Crippen LogP contribution in [0.2, 0.25) is 0 Å². The Morgan fingerprint density at radius 2 is 1.96 bits per heavy atom. The molecule has 2 heterocycles. The van der Waals surface area contributed by atoms with Gasteiger partial charge in [0.15, 0.2) is 11.5 Å². The first-order valence-corrected chi connectivity index (χ1v) is 10.4. The molecule has 26 heavy (non-hydrogen) atoms. The molecule has 2 aromatic rings. The number of thiophene rings is 1. The molecule has 2 aliphatic rings. The average molecular weight is 395 g/mol. The number of nitrogens with one attached hydrogen (secondary N) is 1. The van der Waals surface area contributed by atoms with E-state index >= 15 is 0 Å². The average Bonchev–Trinajstić information content (AvgIpc) is 3.21. The minimum atomic E-state index is -3.88. The molecule has 1 aliphatic heterocycles. The predicted molar refractivity (Wildman–Crippen MR) is 95.9 cm³/mol. The Kier molecular flexibility index (Phi) is 4.28. The van der Waals surface area contributed by atoms with Gasteiger partial charge in [-0.25, -0.2) is 13.2 Å². The van der Waals surface area contributed by atoms with Gasteiger partial charge in [0.25, 0.3) is 10.0 Å². The van der Waals surface area contributed by atoms with Gasteiger partial charge in [0.1, 0.15) is 18.2 Å². The van der Waals surface area contributed by atoms with E-state index in [1.165, 1.54) is 30.6 Å². The highest BCUT2D eigenvalue weighted by Gasteiger charge is 2.30. The Hall–Kier alpha value is -2.26. The van der Waals surface area contributed by atoms with Gasteiger partial charge in [-0.3, -0.25) is 4.72 Å². The predicted octanol–water partition coefficient (Wildman–Crippen LogP) is 2.60. The normalized spacial score (nSPS) is 15.4. The molecule has 0 fully saturated rings. The van der Waals surface area contributed by atoms with E-state index in [0.29, 0.717) is 35.3 Å².